The van der Waals surface area contributed by atoms with Crippen LogP contribution < -0.4 is 27.4 Å². The van der Waals surface area contributed by atoms with Gasteiger partial charge < -0.3 is 42.5 Å². The molecule has 0 aromatic carbocycles. The monoisotopic (exact) mass is 509 g/mol. The number of aromatic amines is 2. The van der Waals surface area contributed by atoms with Crippen LogP contribution in [0.15, 0.2) is 25.0 Å². The maximum Gasteiger partial charge on any atom is 0.326 e. The lowest BCUT2D eigenvalue weighted by atomic mass is 10.1. The zero-order valence-corrected chi connectivity index (χ0v) is 19.3. The van der Waals surface area contributed by atoms with Crippen LogP contribution in [0.5, 0.6) is 0 Å². The molecule has 2 rings (SSSR count). The van der Waals surface area contributed by atoms with E-state index in [1.165, 1.54) is 25.0 Å². The molecule has 2 aromatic rings. The highest BCUT2D eigenvalue weighted by Crippen LogP contribution is 2.03. The Morgan fingerprint density at radius 1 is 0.886 bits per heavy atom. The number of H-pyrrole nitrogens is 2. The number of imidazole rings is 2. The molecule has 0 saturated carbocycles. The molecule has 0 aliphatic heterocycles. The van der Waals surface area contributed by atoms with Gasteiger partial charge in [-0.3, -0.25) is 19.2 Å². The number of carboxylic acids is 1. The van der Waals surface area contributed by atoms with Gasteiger partial charge in [-0.25, -0.2) is 14.8 Å². The van der Waals surface area contributed by atoms with Crippen LogP contribution >= 0.6 is 12.6 Å². The van der Waals surface area contributed by atoms with E-state index in [1.54, 1.807) is 0 Å². The van der Waals surface area contributed by atoms with Gasteiger partial charge >= 0.3 is 5.97 Å². The standard InChI is InChI=1S/C19H27N9O6S/c20-11(1-9-4-22-7-24-9)16(30)28-14(6-35)18(32)26-12(2-10-5-23-8-25-10)17(31)27-13(19(33)34)3-15(21)29/h4-5,7-8,11-14,35H,1-3,6,20H2,(H2,21,29)(H,22,24)(H,23,25)(H,26,32)(H,27,31)(H,28,30)(H,33,34). The van der Waals surface area contributed by atoms with Crippen LogP contribution in [-0.2, 0) is 36.8 Å². The van der Waals surface area contributed by atoms with Crippen LogP contribution in [0.3, 0.4) is 0 Å². The minimum absolute atomic E-state index is 0.0902. The quantitative estimate of drug-likeness (QED) is 0.115. The molecular weight excluding hydrogens is 482 g/mol. The first-order chi connectivity index (χ1) is 16.6. The molecule has 2 heterocycles. The highest BCUT2D eigenvalue weighted by Gasteiger charge is 2.31. The molecule has 0 radical (unpaired) electrons. The van der Waals surface area contributed by atoms with Crippen molar-refractivity contribution < 1.29 is 29.1 Å². The number of nitrogens with one attached hydrogen (secondary N) is 5. The van der Waals surface area contributed by atoms with Crippen LogP contribution in [0.2, 0.25) is 0 Å². The minimum atomic E-state index is -1.60. The third kappa shape index (κ3) is 8.74. The van der Waals surface area contributed by atoms with Crippen molar-refractivity contribution in [2.24, 2.45) is 11.5 Å². The van der Waals surface area contributed by atoms with E-state index in [0.29, 0.717) is 11.4 Å². The van der Waals surface area contributed by atoms with E-state index in [9.17, 15) is 29.1 Å². The van der Waals surface area contributed by atoms with Crippen LogP contribution in [-0.4, -0.2) is 84.6 Å². The summed E-state index contributed by atoms with van der Waals surface area (Å²) in [6.45, 7) is 0. The molecule has 0 spiro atoms. The molecular formula is C19H27N9O6S. The van der Waals surface area contributed by atoms with Gasteiger partial charge in [0.25, 0.3) is 0 Å². The number of primary amides is 1. The van der Waals surface area contributed by atoms with Crippen LogP contribution in [0, 0.1) is 0 Å². The summed E-state index contributed by atoms with van der Waals surface area (Å²) < 4.78 is 0. The Morgan fingerprint density at radius 3 is 1.89 bits per heavy atom. The van der Waals surface area contributed by atoms with Gasteiger partial charge in [-0.2, -0.15) is 12.6 Å². The summed E-state index contributed by atoms with van der Waals surface area (Å²) in [7, 11) is 0. The van der Waals surface area contributed by atoms with Gasteiger partial charge in [0.2, 0.25) is 23.6 Å². The number of hydrogen-bond donors (Lipinski definition) is 9. The Hall–Kier alpha value is -3.92. The maximum atomic E-state index is 12.9. The molecule has 4 unspecified atom stereocenters. The van der Waals surface area contributed by atoms with Crippen molar-refractivity contribution >= 4 is 42.2 Å². The van der Waals surface area contributed by atoms with E-state index >= 15 is 0 Å². The summed E-state index contributed by atoms with van der Waals surface area (Å²) in [5, 5.41) is 16.4. The lowest BCUT2D eigenvalue weighted by molar-refractivity contribution is -0.143. The van der Waals surface area contributed by atoms with Gasteiger partial charge in [0.15, 0.2) is 0 Å². The number of rotatable bonds is 14. The highest BCUT2D eigenvalue weighted by atomic mass is 32.1. The summed E-state index contributed by atoms with van der Waals surface area (Å²) in [6, 6.07) is -5.02. The zero-order chi connectivity index (χ0) is 26.0. The van der Waals surface area contributed by atoms with Gasteiger partial charge in [0.1, 0.15) is 18.1 Å². The summed E-state index contributed by atoms with van der Waals surface area (Å²) in [6.07, 6.45) is 5.13. The molecule has 4 atom stereocenters. The molecule has 0 fully saturated rings. The first-order valence-electron chi connectivity index (χ1n) is 10.3. The average molecular weight is 510 g/mol. The van der Waals surface area contributed by atoms with Crippen LogP contribution in [0.25, 0.3) is 0 Å². The average Bonchev–Trinajstić information content (AvgIpc) is 3.50. The topological polar surface area (TPSA) is 251 Å². The number of aliphatic carboxylic acids is 1. The first kappa shape index (κ1) is 27.3. The van der Waals surface area contributed by atoms with E-state index in [1.807, 2.05) is 0 Å². The first-order valence-corrected chi connectivity index (χ1v) is 11.0. The third-order valence-corrected chi connectivity index (χ3v) is 5.14. The smallest absolute Gasteiger partial charge is 0.326 e. The number of thiol groups is 1. The second kappa shape index (κ2) is 13.1. The van der Waals surface area contributed by atoms with E-state index < -0.39 is 60.2 Å². The van der Waals surface area contributed by atoms with Crippen molar-refractivity contribution in [3.63, 3.8) is 0 Å². The van der Waals surface area contributed by atoms with Gasteiger partial charge in [0, 0.05) is 42.4 Å². The molecule has 16 heteroatoms. The Kier molecular flexibility index (Phi) is 10.2. The number of hydrogen-bond acceptors (Lipinski definition) is 9. The number of carboxylic acid groups (broad SMARTS) is 1. The van der Waals surface area contributed by atoms with Crippen molar-refractivity contribution in [1.29, 1.82) is 0 Å². The van der Waals surface area contributed by atoms with Gasteiger partial charge in [-0.1, -0.05) is 0 Å². The predicted molar refractivity (Wildman–Crippen MR) is 124 cm³/mol. The lowest BCUT2D eigenvalue weighted by Crippen LogP contribution is -2.58. The van der Waals surface area contributed by atoms with Crippen molar-refractivity contribution in [3.8, 4) is 0 Å². The SMILES string of the molecule is NC(=O)CC(NC(=O)C(Cc1cnc[nH]1)NC(=O)C(CS)NC(=O)C(N)Cc1cnc[nH]1)C(=O)O. The molecule has 35 heavy (non-hydrogen) atoms. The van der Waals surface area contributed by atoms with Crippen molar-refractivity contribution in [2.75, 3.05) is 5.75 Å². The number of aromatic nitrogens is 4. The Labute approximate surface area is 204 Å². The zero-order valence-electron chi connectivity index (χ0n) is 18.4. The van der Waals surface area contributed by atoms with Crippen LogP contribution in [0.1, 0.15) is 17.8 Å². The number of carbonyl (C=O) groups is 5. The number of amides is 4. The number of nitrogens with zero attached hydrogens (tertiary/aromatic N) is 2. The minimum Gasteiger partial charge on any atom is -0.480 e. The molecule has 0 aliphatic carbocycles. The fraction of sp³-hybridized carbons (Fsp3) is 0.421. The Morgan fingerprint density at radius 2 is 1.40 bits per heavy atom. The summed E-state index contributed by atoms with van der Waals surface area (Å²) in [5.74, 6) is -4.81. The van der Waals surface area contributed by atoms with Crippen molar-refractivity contribution in [3.05, 3.63) is 36.4 Å². The predicted octanol–water partition coefficient (Wildman–Crippen LogP) is -3.41. The fourth-order valence-corrected chi connectivity index (χ4v) is 3.23. The third-order valence-electron chi connectivity index (χ3n) is 4.78. The second-order valence-corrected chi connectivity index (χ2v) is 7.91. The molecule has 0 aliphatic rings. The van der Waals surface area contributed by atoms with E-state index in [4.69, 9.17) is 11.5 Å². The molecule has 190 valence electrons. The fourth-order valence-electron chi connectivity index (χ4n) is 2.97. The van der Waals surface area contributed by atoms with E-state index in [2.05, 4.69) is 48.5 Å². The Balaban J connectivity index is 2.08. The Bertz CT molecular complexity index is 1010. The van der Waals surface area contributed by atoms with Gasteiger partial charge in [-0.15, -0.1) is 0 Å². The molecule has 15 nitrogen and oxygen atoms in total. The van der Waals surface area contributed by atoms with Crippen molar-refractivity contribution in [2.45, 2.75) is 43.4 Å². The maximum absolute atomic E-state index is 12.9. The molecule has 0 bridgehead atoms. The normalized spacial score (nSPS) is 14.2. The molecule has 10 N–H and O–H groups in total. The second-order valence-electron chi connectivity index (χ2n) is 7.54. The van der Waals surface area contributed by atoms with E-state index in [-0.39, 0.29) is 18.6 Å². The van der Waals surface area contributed by atoms with Gasteiger partial charge in [0.05, 0.1) is 25.1 Å². The molecule has 2 aromatic heterocycles. The van der Waals surface area contributed by atoms with Gasteiger partial charge in [-0.05, 0) is 0 Å². The highest BCUT2D eigenvalue weighted by molar-refractivity contribution is 7.80. The number of nitrogens with two attached hydrogens (primary N) is 2. The van der Waals surface area contributed by atoms with E-state index in [0.717, 1.165) is 0 Å². The summed E-state index contributed by atoms with van der Waals surface area (Å²) >= 11 is 4.09. The lowest BCUT2D eigenvalue weighted by Gasteiger charge is -2.24. The number of carbonyl (C=O) groups excluding carboxylic acids is 4. The van der Waals surface area contributed by atoms with Crippen molar-refractivity contribution in [1.82, 2.24) is 35.9 Å². The molecule has 0 saturated heterocycles. The summed E-state index contributed by atoms with van der Waals surface area (Å²) in [5.41, 5.74) is 12.0. The van der Waals surface area contributed by atoms with Crippen LogP contribution in [0.4, 0.5) is 0 Å². The summed E-state index contributed by atoms with van der Waals surface area (Å²) in [4.78, 5) is 73.9. The molecule has 4 amide bonds. The largest absolute Gasteiger partial charge is 0.480 e.